The van der Waals surface area contributed by atoms with Gasteiger partial charge >= 0.3 is 0 Å². The van der Waals surface area contributed by atoms with Gasteiger partial charge in [-0.15, -0.1) is 0 Å². The number of hydrogen-bond donors (Lipinski definition) is 2. The molecule has 32 heavy (non-hydrogen) atoms. The zero-order valence-electron chi connectivity index (χ0n) is 17.4. The third kappa shape index (κ3) is 4.92. The molecular weight excluding hydrogens is 429 g/mol. The number of ether oxygens (including phenoxy) is 1. The fourth-order valence-corrected chi connectivity index (χ4v) is 3.30. The van der Waals surface area contributed by atoms with Crippen molar-refractivity contribution in [1.29, 1.82) is 0 Å². The zero-order chi connectivity index (χ0) is 22.7. The van der Waals surface area contributed by atoms with Gasteiger partial charge in [-0.1, -0.05) is 12.1 Å². The van der Waals surface area contributed by atoms with Gasteiger partial charge in [0.2, 0.25) is 5.89 Å². The second kappa shape index (κ2) is 9.15. The van der Waals surface area contributed by atoms with Gasteiger partial charge in [0.15, 0.2) is 17.3 Å². The van der Waals surface area contributed by atoms with E-state index < -0.39 is 0 Å². The smallest absolute Gasteiger partial charge is 0.264 e. The summed E-state index contributed by atoms with van der Waals surface area (Å²) in [5, 5.41) is 5.69. The zero-order valence-corrected chi connectivity index (χ0v) is 18.3. The number of nitrogens with zero attached hydrogens (tertiary/aromatic N) is 1. The van der Waals surface area contributed by atoms with Gasteiger partial charge in [-0.05, 0) is 85.7 Å². The first kappa shape index (κ1) is 21.5. The van der Waals surface area contributed by atoms with Crippen LogP contribution in [0.25, 0.3) is 22.6 Å². The van der Waals surface area contributed by atoms with Crippen LogP contribution in [-0.4, -0.2) is 22.6 Å². The van der Waals surface area contributed by atoms with E-state index in [1.165, 1.54) is 12.1 Å². The van der Waals surface area contributed by atoms with Crippen molar-refractivity contribution in [3.8, 4) is 17.2 Å². The van der Waals surface area contributed by atoms with Gasteiger partial charge in [-0.2, -0.15) is 0 Å². The molecule has 0 saturated heterocycles. The van der Waals surface area contributed by atoms with E-state index in [0.717, 1.165) is 11.1 Å². The van der Waals surface area contributed by atoms with Crippen LogP contribution in [0.1, 0.15) is 11.1 Å². The van der Waals surface area contributed by atoms with Crippen LogP contribution < -0.4 is 15.4 Å². The largest absolute Gasteiger partial charge is 0.483 e. The van der Waals surface area contributed by atoms with Gasteiger partial charge in [0.1, 0.15) is 17.1 Å². The molecule has 0 saturated carbocycles. The number of rotatable bonds is 5. The summed E-state index contributed by atoms with van der Waals surface area (Å²) in [6.07, 6.45) is 0. The number of halogens is 1. The Kier molecular flexibility index (Phi) is 6.13. The number of hydrogen-bond acceptors (Lipinski definition) is 5. The minimum absolute atomic E-state index is 0.140. The van der Waals surface area contributed by atoms with Crippen molar-refractivity contribution in [1.82, 2.24) is 10.3 Å². The number of oxazole rings is 1. The molecule has 2 N–H and O–H groups in total. The van der Waals surface area contributed by atoms with Gasteiger partial charge in [0.25, 0.3) is 5.91 Å². The Labute approximate surface area is 189 Å². The van der Waals surface area contributed by atoms with Gasteiger partial charge in [-0.25, -0.2) is 9.37 Å². The van der Waals surface area contributed by atoms with Crippen molar-refractivity contribution in [3.05, 3.63) is 77.6 Å². The van der Waals surface area contributed by atoms with Gasteiger partial charge in [0.05, 0.1) is 0 Å². The quantitative estimate of drug-likeness (QED) is 0.411. The van der Waals surface area contributed by atoms with Crippen molar-refractivity contribution in [3.63, 3.8) is 0 Å². The van der Waals surface area contributed by atoms with Gasteiger partial charge in [-0.3, -0.25) is 10.1 Å². The Morgan fingerprint density at radius 1 is 1.12 bits per heavy atom. The van der Waals surface area contributed by atoms with Crippen molar-refractivity contribution in [2.75, 3.05) is 11.9 Å². The minimum Gasteiger partial charge on any atom is -0.483 e. The summed E-state index contributed by atoms with van der Waals surface area (Å²) in [6, 6.07) is 16.8. The van der Waals surface area contributed by atoms with Crippen LogP contribution in [0.5, 0.6) is 5.75 Å². The molecular formula is C24H20FN3O3S. The summed E-state index contributed by atoms with van der Waals surface area (Å²) in [4.78, 5) is 16.6. The molecule has 4 rings (SSSR count). The Balaban J connectivity index is 1.37. The number of fused-ring (bicyclic) bond motifs is 1. The fourth-order valence-electron chi connectivity index (χ4n) is 3.07. The molecule has 1 aromatic heterocycles. The van der Waals surface area contributed by atoms with E-state index in [4.69, 9.17) is 21.4 Å². The third-order valence-electron chi connectivity index (χ3n) is 4.90. The van der Waals surface area contributed by atoms with E-state index in [1.54, 1.807) is 30.3 Å². The minimum atomic E-state index is -0.371. The topological polar surface area (TPSA) is 76.4 Å². The predicted molar refractivity (Wildman–Crippen MR) is 125 cm³/mol. The standard InChI is InChI=1S/C24H20FN3O3S/c1-14-4-3-5-20(15(14)2)30-13-22(29)28-24(32)26-18-10-11-21-19(12-18)27-23(31-21)16-6-8-17(25)9-7-16/h3-12H,13H2,1-2H3,(H2,26,28,29,32). The Bertz CT molecular complexity index is 1300. The molecule has 1 heterocycles. The number of amides is 1. The van der Waals surface area contributed by atoms with Crippen LogP contribution in [0.4, 0.5) is 10.1 Å². The summed E-state index contributed by atoms with van der Waals surface area (Å²) >= 11 is 5.23. The number of aromatic nitrogens is 1. The third-order valence-corrected chi connectivity index (χ3v) is 5.11. The molecule has 0 fully saturated rings. The van der Waals surface area contributed by atoms with Crippen molar-refractivity contribution in [2.45, 2.75) is 13.8 Å². The van der Waals surface area contributed by atoms with E-state index in [9.17, 15) is 9.18 Å². The lowest BCUT2D eigenvalue weighted by molar-refractivity contribution is -0.121. The normalized spacial score (nSPS) is 10.7. The maximum atomic E-state index is 13.1. The van der Waals surface area contributed by atoms with Crippen LogP contribution in [0, 0.1) is 19.7 Å². The van der Waals surface area contributed by atoms with Gasteiger partial charge in [0, 0.05) is 11.3 Å². The lowest BCUT2D eigenvalue weighted by Crippen LogP contribution is -2.37. The predicted octanol–water partition coefficient (Wildman–Crippen LogP) is 5.14. The number of carbonyl (C=O) groups excluding carboxylic acids is 1. The first-order chi connectivity index (χ1) is 15.4. The van der Waals surface area contributed by atoms with Crippen LogP contribution in [0.2, 0.25) is 0 Å². The van der Waals surface area contributed by atoms with E-state index in [1.807, 2.05) is 32.0 Å². The molecule has 162 valence electrons. The number of aryl methyl sites for hydroxylation is 1. The van der Waals surface area contributed by atoms with Gasteiger partial charge < -0.3 is 14.5 Å². The summed E-state index contributed by atoms with van der Waals surface area (Å²) in [7, 11) is 0. The molecule has 0 radical (unpaired) electrons. The molecule has 0 aliphatic rings. The van der Waals surface area contributed by atoms with E-state index in [0.29, 0.717) is 34.0 Å². The summed E-state index contributed by atoms with van der Waals surface area (Å²) in [6.45, 7) is 3.77. The molecule has 0 spiro atoms. The van der Waals surface area contributed by atoms with E-state index in [2.05, 4.69) is 15.6 Å². The molecule has 6 nitrogen and oxygen atoms in total. The monoisotopic (exact) mass is 449 g/mol. The number of anilines is 1. The number of thiocarbonyl (C=S) groups is 1. The first-order valence-electron chi connectivity index (χ1n) is 9.85. The Morgan fingerprint density at radius 3 is 2.69 bits per heavy atom. The highest BCUT2D eigenvalue weighted by Gasteiger charge is 2.11. The number of benzene rings is 3. The SMILES string of the molecule is Cc1cccc(OCC(=O)NC(=S)Nc2ccc3oc(-c4ccc(F)cc4)nc3c2)c1C. The lowest BCUT2D eigenvalue weighted by Gasteiger charge is -2.12. The summed E-state index contributed by atoms with van der Waals surface area (Å²) < 4.78 is 24.5. The molecule has 1 amide bonds. The molecule has 0 unspecified atom stereocenters. The first-order valence-corrected chi connectivity index (χ1v) is 10.3. The second-order valence-corrected chi connectivity index (χ2v) is 7.61. The average molecular weight is 450 g/mol. The van der Waals surface area contributed by atoms with Crippen LogP contribution in [0.3, 0.4) is 0 Å². The molecule has 0 bridgehead atoms. The maximum absolute atomic E-state index is 13.1. The Morgan fingerprint density at radius 2 is 1.91 bits per heavy atom. The maximum Gasteiger partial charge on any atom is 0.264 e. The highest BCUT2D eigenvalue weighted by atomic mass is 32.1. The number of nitrogens with one attached hydrogen (secondary N) is 2. The fraction of sp³-hybridized carbons (Fsp3) is 0.125. The number of carbonyl (C=O) groups is 1. The summed E-state index contributed by atoms with van der Waals surface area (Å²) in [5.41, 5.74) is 4.56. The van der Waals surface area contributed by atoms with Crippen LogP contribution in [0.15, 0.2) is 65.1 Å². The molecule has 0 atom stereocenters. The highest BCUT2D eigenvalue weighted by molar-refractivity contribution is 7.80. The van der Waals surface area contributed by atoms with Crippen LogP contribution >= 0.6 is 12.2 Å². The van der Waals surface area contributed by atoms with E-state index in [-0.39, 0.29) is 23.4 Å². The molecule has 4 aromatic rings. The van der Waals surface area contributed by atoms with Crippen LogP contribution in [-0.2, 0) is 4.79 Å². The molecule has 3 aromatic carbocycles. The molecule has 0 aliphatic carbocycles. The second-order valence-electron chi connectivity index (χ2n) is 7.20. The molecule has 0 aliphatic heterocycles. The lowest BCUT2D eigenvalue weighted by atomic mass is 10.1. The average Bonchev–Trinajstić information content (AvgIpc) is 3.18. The van der Waals surface area contributed by atoms with E-state index >= 15 is 0 Å². The van der Waals surface area contributed by atoms with Crippen molar-refractivity contribution < 1.29 is 18.3 Å². The molecule has 8 heteroatoms. The Hall–Kier alpha value is -3.78. The highest BCUT2D eigenvalue weighted by Crippen LogP contribution is 2.26. The van der Waals surface area contributed by atoms with Crippen molar-refractivity contribution in [2.24, 2.45) is 0 Å². The summed E-state index contributed by atoms with van der Waals surface area (Å²) in [5.74, 6) is 0.347. The van der Waals surface area contributed by atoms with Crippen molar-refractivity contribution >= 4 is 40.0 Å².